The first-order chi connectivity index (χ1) is 14.1. The van der Waals surface area contributed by atoms with Crippen LogP contribution in [0.15, 0.2) is 42.7 Å². The maximum absolute atomic E-state index is 11.9. The first-order valence-electron chi connectivity index (χ1n) is 9.73. The lowest BCUT2D eigenvalue weighted by atomic mass is 9.88. The lowest BCUT2D eigenvalue weighted by molar-refractivity contribution is 0.609. The van der Waals surface area contributed by atoms with E-state index in [-0.39, 0.29) is 5.82 Å². The predicted molar refractivity (Wildman–Crippen MR) is 114 cm³/mol. The monoisotopic (exact) mass is 407 g/mol. The van der Waals surface area contributed by atoms with Crippen molar-refractivity contribution in [2.24, 2.45) is 0 Å². The highest BCUT2D eigenvalue weighted by atomic mass is 32.2. The molecule has 0 bridgehead atoms. The highest BCUT2D eigenvalue weighted by Crippen LogP contribution is 2.42. The molecular weight excluding hydrogens is 386 g/mol. The van der Waals surface area contributed by atoms with Gasteiger partial charge in [-0.05, 0) is 54.9 Å². The van der Waals surface area contributed by atoms with Crippen molar-refractivity contribution < 1.29 is 8.42 Å². The summed E-state index contributed by atoms with van der Waals surface area (Å²) in [4.78, 5) is 15.3. The summed E-state index contributed by atoms with van der Waals surface area (Å²) in [5.41, 5.74) is 6.15. The molecule has 0 amide bonds. The molecule has 3 aromatic rings. The van der Waals surface area contributed by atoms with Crippen LogP contribution in [0.3, 0.4) is 0 Å². The molecule has 2 aliphatic rings. The zero-order valence-electron chi connectivity index (χ0n) is 15.9. The second kappa shape index (κ2) is 6.81. The molecule has 1 aliphatic heterocycles. The summed E-state index contributed by atoms with van der Waals surface area (Å²) in [5.74, 6) is 1.01. The quantitative estimate of drug-likeness (QED) is 0.712. The smallest absolute Gasteiger partial charge is 0.255 e. The van der Waals surface area contributed by atoms with E-state index in [0.29, 0.717) is 5.52 Å². The van der Waals surface area contributed by atoms with Gasteiger partial charge >= 0.3 is 0 Å². The van der Waals surface area contributed by atoms with Gasteiger partial charge in [-0.1, -0.05) is 18.7 Å². The fourth-order valence-corrected chi connectivity index (χ4v) is 4.84. The van der Waals surface area contributed by atoms with Crippen LogP contribution in [-0.2, 0) is 29.3 Å². The van der Waals surface area contributed by atoms with E-state index in [1.807, 2.05) is 0 Å². The average Bonchev–Trinajstić information content (AvgIpc) is 3.17. The largest absolute Gasteiger partial charge is 0.325 e. The number of sulfonamides is 1. The van der Waals surface area contributed by atoms with Crippen molar-refractivity contribution >= 4 is 38.2 Å². The summed E-state index contributed by atoms with van der Waals surface area (Å²) in [7, 11) is -3.64. The van der Waals surface area contributed by atoms with Gasteiger partial charge in [-0.3, -0.25) is 4.72 Å². The maximum Gasteiger partial charge on any atom is 0.255 e. The molecule has 3 heterocycles. The zero-order valence-corrected chi connectivity index (χ0v) is 16.7. The first kappa shape index (κ1) is 18.1. The van der Waals surface area contributed by atoms with Crippen molar-refractivity contribution in [3.63, 3.8) is 0 Å². The van der Waals surface area contributed by atoms with E-state index in [0.717, 1.165) is 42.4 Å². The van der Waals surface area contributed by atoms with Crippen molar-refractivity contribution in [2.45, 2.75) is 32.1 Å². The van der Waals surface area contributed by atoms with Crippen molar-refractivity contribution in [3.8, 4) is 0 Å². The Labute approximate surface area is 169 Å². The second-order valence-electron chi connectivity index (χ2n) is 7.42. The van der Waals surface area contributed by atoms with E-state index < -0.39 is 10.0 Å². The fourth-order valence-electron chi connectivity index (χ4n) is 4.35. The van der Waals surface area contributed by atoms with Crippen LogP contribution in [0.4, 0.5) is 17.3 Å². The molecule has 0 spiro atoms. The van der Waals surface area contributed by atoms with Crippen molar-refractivity contribution in [3.05, 3.63) is 59.4 Å². The normalized spacial score (nSPS) is 15.8. The highest BCUT2D eigenvalue weighted by Gasteiger charge is 2.28. The minimum absolute atomic E-state index is 0.225. The van der Waals surface area contributed by atoms with Gasteiger partial charge in [0, 0.05) is 23.0 Å². The number of rotatable bonds is 4. The summed E-state index contributed by atoms with van der Waals surface area (Å²) >= 11 is 0. The number of anilines is 3. The third-order valence-corrected chi connectivity index (χ3v) is 6.62. The lowest BCUT2D eigenvalue weighted by Gasteiger charge is -2.26. The number of nitrogens with zero attached hydrogens (tertiary/aromatic N) is 4. The van der Waals surface area contributed by atoms with Crippen LogP contribution < -0.4 is 9.62 Å². The van der Waals surface area contributed by atoms with Gasteiger partial charge in [0.25, 0.3) is 10.0 Å². The SMILES string of the molecule is C=CS(=O)(=O)Nc1cc2c(N3CCc4ccc5c(c43)CCCC5)ncnc2cn1. The van der Waals surface area contributed by atoms with E-state index in [9.17, 15) is 8.42 Å². The fraction of sp³-hybridized carbons (Fsp3) is 0.286. The van der Waals surface area contributed by atoms with Crippen molar-refractivity contribution in [1.82, 2.24) is 15.0 Å². The number of hydrogen-bond donors (Lipinski definition) is 1. The van der Waals surface area contributed by atoms with Crippen LogP contribution in [0, 0.1) is 0 Å². The Morgan fingerprint density at radius 1 is 1.07 bits per heavy atom. The number of fused-ring (bicyclic) bond motifs is 4. The van der Waals surface area contributed by atoms with Crippen molar-refractivity contribution in [1.29, 1.82) is 0 Å². The number of pyridine rings is 1. The molecule has 7 nitrogen and oxygen atoms in total. The third kappa shape index (κ3) is 3.13. The van der Waals surface area contributed by atoms with Crippen LogP contribution in [0.2, 0.25) is 0 Å². The van der Waals surface area contributed by atoms with Gasteiger partial charge < -0.3 is 4.90 Å². The molecule has 0 fully saturated rings. The number of benzene rings is 1. The molecule has 2 aromatic heterocycles. The summed E-state index contributed by atoms with van der Waals surface area (Å²) in [6, 6.07) is 6.22. The summed E-state index contributed by atoms with van der Waals surface area (Å²) in [6.45, 7) is 4.17. The average molecular weight is 407 g/mol. The maximum atomic E-state index is 11.9. The Hall–Kier alpha value is -3.00. The van der Waals surface area contributed by atoms with Gasteiger partial charge in [-0.25, -0.2) is 23.4 Å². The van der Waals surface area contributed by atoms with E-state index in [1.54, 1.807) is 18.6 Å². The van der Waals surface area contributed by atoms with Gasteiger partial charge in [0.05, 0.1) is 11.7 Å². The molecule has 8 heteroatoms. The van der Waals surface area contributed by atoms with Gasteiger partial charge in [0.2, 0.25) is 0 Å². The van der Waals surface area contributed by atoms with Crippen LogP contribution in [0.1, 0.15) is 29.5 Å². The summed E-state index contributed by atoms with van der Waals surface area (Å²) in [5, 5.41) is 1.63. The first-order valence-corrected chi connectivity index (χ1v) is 11.3. The van der Waals surface area contributed by atoms with Gasteiger partial charge in [0.1, 0.15) is 18.0 Å². The molecule has 0 saturated carbocycles. The number of nitrogens with one attached hydrogen (secondary N) is 1. The standard InChI is InChI=1S/C21H21N5O2S/c1-2-29(27,28)25-19-11-17-18(12-22-19)23-13-24-21(17)26-10-9-15-8-7-14-5-3-4-6-16(14)20(15)26/h2,7-8,11-13H,1,3-6,9-10H2,(H,22,25). The summed E-state index contributed by atoms with van der Waals surface area (Å²) < 4.78 is 26.1. The van der Waals surface area contributed by atoms with Crippen molar-refractivity contribution in [2.75, 3.05) is 16.2 Å². The number of aryl methyl sites for hydroxylation is 1. The predicted octanol–water partition coefficient (Wildman–Crippen LogP) is 3.48. The molecule has 0 atom stereocenters. The van der Waals surface area contributed by atoms with Gasteiger partial charge in [0.15, 0.2) is 0 Å². The lowest BCUT2D eigenvalue weighted by Crippen LogP contribution is -2.18. The number of aromatic nitrogens is 3. The van der Waals surface area contributed by atoms with E-state index >= 15 is 0 Å². The van der Waals surface area contributed by atoms with Crippen LogP contribution in [-0.4, -0.2) is 29.9 Å². The zero-order chi connectivity index (χ0) is 20.0. The van der Waals surface area contributed by atoms with E-state index in [4.69, 9.17) is 0 Å². The number of hydrogen-bond acceptors (Lipinski definition) is 6. The minimum atomic E-state index is -3.64. The Bertz CT molecular complexity index is 1240. The highest BCUT2D eigenvalue weighted by molar-refractivity contribution is 7.95. The minimum Gasteiger partial charge on any atom is -0.325 e. The Morgan fingerprint density at radius 2 is 1.90 bits per heavy atom. The van der Waals surface area contributed by atoms with Gasteiger partial charge in [-0.2, -0.15) is 0 Å². The Balaban J connectivity index is 1.65. The molecule has 0 saturated heterocycles. The molecule has 5 rings (SSSR count). The van der Waals surface area contributed by atoms with Crippen LogP contribution >= 0.6 is 0 Å². The molecule has 0 unspecified atom stereocenters. The molecule has 0 radical (unpaired) electrons. The third-order valence-electron chi connectivity index (χ3n) is 5.68. The molecular formula is C21H21N5O2S. The molecule has 1 N–H and O–H groups in total. The van der Waals surface area contributed by atoms with Crippen LogP contribution in [0.25, 0.3) is 10.9 Å². The second-order valence-corrected chi connectivity index (χ2v) is 9.04. The molecule has 29 heavy (non-hydrogen) atoms. The van der Waals surface area contributed by atoms with E-state index in [2.05, 4.69) is 43.3 Å². The molecule has 1 aliphatic carbocycles. The summed E-state index contributed by atoms with van der Waals surface area (Å²) in [6.07, 6.45) is 8.73. The van der Waals surface area contributed by atoms with E-state index in [1.165, 1.54) is 35.2 Å². The topological polar surface area (TPSA) is 88.1 Å². The van der Waals surface area contributed by atoms with Gasteiger partial charge in [-0.15, -0.1) is 0 Å². The molecule has 148 valence electrons. The Kier molecular flexibility index (Phi) is 4.24. The Morgan fingerprint density at radius 3 is 2.76 bits per heavy atom. The molecule has 1 aromatic carbocycles. The van der Waals surface area contributed by atoms with Crippen LogP contribution in [0.5, 0.6) is 0 Å².